The third-order valence-corrected chi connectivity index (χ3v) is 3.65. The van der Waals surface area contributed by atoms with Crippen molar-refractivity contribution in [3.05, 3.63) is 12.2 Å². The summed E-state index contributed by atoms with van der Waals surface area (Å²) in [6.45, 7) is 0. The maximum Gasteiger partial charge on any atom is 0.509 e. The van der Waals surface area contributed by atoms with Crippen molar-refractivity contribution in [2.75, 3.05) is 0 Å². The highest BCUT2D eigenvalue weighted by atomic mass is 16.8. The van der Waals surface area contributed by atoms with E-state index in [1.165, 1.54) is 0 Å². The highest BCUT2D eigenvalue weighted by Crippen LogP contribution is 2.47. The molecule has 84 valence electrons. The molecule has 5 rings (SSSR count). The van der Waals surface area contributed by atoms with Gasteiger partial charge in [-0.05, 0) is 0 Å². The molecule has 2 heterocycles. The Kier molecular flexibility index (Phi) is 1.32. The Labute approximate surface area is 90.1 Å². The summed E-state index contributed by atoms with van der Waals surface area (Å²) < 4.78 is 20.3. The minimum atomic E-state index is -0.653. The molecule has 0 spiro atoms. The van der Waals surface area contributed by atoms with Gasteiger partial charge in [0, 0.05) is 0 Å². The lowest BCUT2D eigenvalue weighted by Gasteiger charge is -2.42. The molecule has 1 saturated carbocycles. The molecule has 2 aliphatic heterocycles. The summed E-state index contributed by atoms with van der Waals surface area (Å²) >= 11 is 0. The van der Waals surface area contributed by atoms with Crippen LogP contribution in [0.5, 0.6) is 0 Å². The number of carbonyl (C=O) groups excluding carboxylic acids is 2. The molecule has 6 heteroatoms. The first kappa shape index (κ1) is 8.43. The van der Waals surface area contributed by atoms with Crippen LogP contribution in [0.25, 0.3) is 0 Å². The summed E-state index contributed by atoms with van der Waals surface area (Å²) in [5.74, 6) is -0.309. The van der Waals surface area contributed by atoms with E-state index in [4.69, 9.17) is 18.9 Å². The Hall–Kier alpha value is -1.72. The fourth-order valence-electron chi connectivity index (χ4n) is 3.03. The summed E-state index contributed by atoms with van der Waals surface area (Å²) in [7, 11) is 0. The Morgan fingerprint density at radius 3 is 1.31 bits per heavy atom. The Morgan fingerprint density at radius 1 is 0.688 bits per heavy atom. The van der Waals surface area contributed by atoms with Crippen LogP contribution in [0.1, 0.15) is 0 Å². The normalized spacial score (nSPS) is 51.2. The van der Waals surface area contributed by atoms with Crippen molar-refractivity contribution in [1.82, 2.24) is 0 Å². The van der Waals surface area contributed by atoms with E-state index < -0.39 is 12.3 Å². The lowest BCUT2D eigenvalue weighted by atomic mass is 9.68. The maximum atomic E-state index is 11.1. The van der Waals surface area contributed by atoms with Crippen molar-refractivity contribution in [2.45, 2.75) is 24.4 Å². The summed E-state index contributed by atoms with van der Waals surface area (Å²) in [6, 6.07) is 0. The van der Waals surface area contributed by atoms with Gasteiger partial charge in [-0.2, -0.15) is 0 Å². The van der Waals surface area contributed by atoms with Gasteiger partial charge in [0.05, 0.1) is 11.8 Å². The molecule has 2 saturated heterocycles. The molecule has 0 amide bonds. The number of ether oxygens (including phenoxy) is 4. The fourth-order valence-corrected chi connectivity index (χ4v) is 3.03. The second-order valence-electron chi connectivity index (χ2n) is 4.37. The third kappa shape index (κ3) is 0.834. The Bertz CT molecular complexity index is 350. The zero-order valence-electron chi connectivity index (χ0n) is 8.07. The van der Waals surface area contributed by atoms with Gasteiger partial charge in [-0.3, -0.25) is 0 Å². The van der Waals surface area contributed by atoms with Gasteiger partial charge in [-0.1, -0.05) is 12.2 Å². The van der Waals surface area contributed by atoms with Gasteiger partial charge in [-0.15, -0.1) is 0 Å². The predicted octanol–water partition coefficient (Wildman–Crippen LogP) is 0.610. The highest BCUT2D eigenvalue weighted by molar-refractivity contribution is 5.65. The third-order valence-electron chi connectivity index (χ3n) is 3.65. The van der Waals surface area contributed by atoms with Crippen LogP contribution in [0, 0.1) is 11.8 Å². The van der Waals surface area contributed by atoms with Crippen LogP contribution in [0.3, 0.4) is 0 Å². The maximum absolute atomic E-state index is 11.1. The van der Waals surface area contributed by atoms with E-state index >= 15 is 0 Å². The average Bonchev–Trinajstić information content (AvgIpc) is 2.79. The number of hydrogen-bond donors (Lipinski definition) is 0. The largest absolute Gasteiger partial charge is 0.509 e. The first-order valence-electron chi connectivity index (χ1n) is 5.17. The fraction of sp³-hybridized carbons (Fsp3) is 0.600. The topological polar surface area (TPSA) is 71.1 Å². The molecule has 6 nitrogen and oxygen atoms in total. The second-order valence-corrected chi connectivity index (χ2v) is 4.37. The van der Waals surface area contributed by atoms with Crippen LogP contribution in [-0.4, -0.2) is 36.7 Å². The molecule has 4 atom stereocenters. The SMILES string of the molecule is O=C1OC2C3C=CC(C2O1)C1OC(=O)OC31. The Morgan fingerprint density at radius 2 is 1.00 bits per heavy atom. The molecule has 3 aliphatic carbocycles. The molecule has 0 radical (unpaired) electrons. The zero-order chi connectivity index (χ0) is 10.9. The van der Waals surface area contributed by atoms with E-state index in [0.29, 0.717) is 0 Å². The smallest absolute Gasteiger partial charge is 0.426 e. The van der Waals surface area contributed by atoms with Gasteiger partial charge < -0.3 is 18.9 Å². The quantitative estimate of drug-likeness (QED) is 0.443. The van der Waals surface area contributed by atoms with Crippen molar-refractivity contribution < 1.29 is 28.5 Å². The van der Waals surface area contributed by atoms with Crippen molar-refractivity contribution in [3.63, 3.8) is 0 Å². The standard InChI is InChI=1S/C10H8O6/c11-9-13-5-3-1-2-4(7(5)15-9)8-6(3)14-10(12)16-8/h1-8H. The molecule has 0 aromatic carbocycles. The van der Waals surface area contributed by atoms with E-state index in [2.05, 4.69) is 0 Å². The first-order chi connectivity index (χ1) is 7.74. The molecule has 16 heavy (non-hydrogen) atoms. The summed E-state index contributed by atoms with van der Waals surface area (Å²) in [6.07, 6.45) is 1.13. The van der Waals surface area contributed by atoms with E-state index in [1.54, 1.807) is 0 Å². The van der Waals surface area contributed by atoms with Gasteiger partial charge in [0.15, 0.2) is 24.4 Å². The average molecular weight is 224 g/mol. The van der Waals surface area contributed by atoms with E-state index in [1.807, 2.05) is 12.2 Å². The van der Waals surface area contributed by atoms with Crippen LogP contribution in [0.4, 0.5) is 9.59 Å². The van der Waals surface area contributed by atoms with E-state index in [0.717, 1.165) is 0 Å². The number of hydrogen-bond acceptors (Lipinski definition) is 6. The lowest BCUT2D eigenvalue weighted by molar-refractivity contribution is -0.0655. The second kappa shape index (κ2) is 2.50. The van der Waals surface area contributed by atoms with Crippen LogP contribution in [0.2, 0.25) is 0 Å². The highest BCUT2D eigenvalue weighted by Gasteiger charge is 2.63. The lowest BCUT2D eigenvalue weighted by Crippen LogP contribution is -2.57. The van der Waals surface area contributed by atoms with Gasteiger partial charge >= 0.3 is 12.3 Å². The minimum Gasteiger partial charge on any atom is -0.426 e. The monoisotopic (exact) mass is 224 g/mol. The summed E-state index contributed by atoms with van der Waals surface area (Å²) in [5, 5.41) is 0. The number of carbonyl (C=O) groups is 2. The summed E-state index contributed by atoms with van der Waals surface area (Å²) in [4.78, 5) is 22.2. The van der Waals surface area contributed by atoms with Gasteiger partial charge in [0.25, 0.3) is 0 Å². The zero-order valence-corrected chi connectivity index (χ0v) is 8.07. The van der Waals surface area contributed by atoms with Gasteiger partial charge in [-0.25, -0.2) is 9.59 Å². The molecule has 0 aromatic heterocycles. The van der Waals surface area contributed by atoms with Crippen LogP contribution >= 0.6 is 0 Å². The number of rotatable bonds is 0. The van der Waals surface area contributed by atoms with E-state index in [-0.39, 0.29) is 36.3 Å². The molecular weight excluding hydrogens is 216 g/mol. The molecule has 3 fully saturated rings. The van der Waals surface area contributed by atoms with Crippen molar-refractivity contribution in [2.24, 2.45) is 11.8 Å². The van der Waals surface area contributed by atoms with Crippen LogP contribution in [0.15, 0.2) is 12.2 Å². The van der Waals surface area contributed by atoms with Crippen LogP contribution in [-0.2, 0) is 18.9 Å². The Balaban J connectivity index is 1.76. The predicted molar refractivity (Wildman–Crippen MR) is 46.4 cm³/mol. The van der Waals surface area contributed by atoms with Crippen molar-refractivity contribution in [1.29, 1.82) is 0 Å². The van der Waals surface area contributed by atoms with E-state index in [9.17, 15) is 9.59 Å². The molecule has 0 N–H and O–H groups in total. The molecule has 0 aromatic rings. The molecule has 4 unspecified atom stereocenters. The van der Waals surface area contributed by atoms with Crippen molar-refractivity contribution in [3.8, 4) is 0 Å². The summed E-state index contributed by atoms with van der Waals surface area (Å²) in [5.41, 5.74) is 0. The van der Waals surface area contributed by atoms with Crippen molar-refractivity contribution >= 4 is 12.3 Å². The minimum absolute atomic E-state index is 0.155. The van der Waals surface area contributed by atoms with Gasteiger partial charge in [0.1, 0.15) is 0 Å². The molecular formula is C10H8O6. The molecule has 5 aliphatic rings. The van der Waals surface area contributed by atoms with Crippen LogP contribution < -0.4 is 0 Å². The first-order valence-corrected chi connectivity index (χ1v) is 5.17. The van der Waals surface area contributed by atoms with Gasteiger partial charge in [0.2, 0.25) is 0 Å². The molecule has 2 bridgehead atoms.